The summed E-state index contributed by atoms with van der Waals surface area (Å²) in [6, 6.07) is 7.38. The number of rotatable bonds is 4. The fourth-order valence-electron chi connectivity index (χ4n) is 1.58. The van der Waals surface area contributed by atoms with E-state index in [1.54, 1.807) is 0 Å². The van der Waals surface area contributed by atoms with E-state index in [9.17, 15) is 19.6 Å². The van der Waals surface area contributed by atoms with Gasteiger partial charge in [0.05, 0.1) is 16.6 Å². The van der Waals surface area contributed by atoms with E-state index < -0.39 is 17.3 Å². The molecule has 0 saturated heterocycles. The molecule has 0 unspecified atom stereocenters. The minimum absolute atomic E-state index is 0.0623. The average Bonchev–Trinajstić information content (AvgIpc) is 2.42. The highest BCUT2D eigenvalue weighted by molar-refractivity contribution is 6.32. The van der Waals surface area contributed by atoms with Gasteiger partial charge < -0.3 is 9.84 Å². The van der Waals surface area contributed by atoms with Gasteiger partial charge in [0.2, 0.25) is 0 Å². The lowest BCUT2D eigenvalue weighted by molar-refractivity contribution is -0.385. The Morgan fingerprint density at radius 2 is 1.95 bits per heavy atom. The van der Waals surface area contributed by atoms with Crippen LogP contribution >= 0.6 is 11.6 Å². The van der Waals surface area contributed by atoms with Crippen LogP contribution < -0.4 is 4.74 Å². The van der Waals surface area contributed by atoms with Gasteiger partial charge in [0.1, 0.15) is 17.3 Å². The third kappa shape index (κ3) is 3.04. The van der Waals surface area contributed by atoms with Crippen LogP contribution in [0.1, 0.15) is 5.56 Å². The Balaban J connectivity index is 2.35. The maximum atomic E-state index is 12.9. The first kappa shape index (κ1) is 14.2. The van der Waals surface area contributed by atoms with Gasteiger partial charge in [-0.1, -0.05) is 11.6 Å². The van der Waals surface area contributed by atoms with Gasteiger partial charge in [0.25, 0.3) is 5.69 Å². The van der Waals surface area contributed by atoms with E-state index >= 15 is 0 Å². The summed E-state index contributed by atoms with van der Waals surface area (Å²) in [7, 11) is 0. The summed E-state index contributed by atoms with van der Waals surface area (Å²) >= 11 is 5.82. The lowest BCUT2D eigenvalue weighted by Gasteiger charge is -2.10. The Morgan fingerprint density at radius 1 is 1.25 bits per heavy atom. The van der Waals surface area contributed by atoms with Crippen LogP contribution in [0, 0.1) is 15.9 Å². The summed E-state index contributed by atoms with van der Waals surface area (Å²) in [5.74, 6) is -0.100. The molecule has 5 nitrogen and oxygen atoms in total. The molecule has 0 aromatic heterocycles. The van der Waals surface area contributed by atoms with E-state index in [1.165, 1.54) is 30.3 Å². The van der Waals surface area contributed by atoms with Gasteiger partial charge in [-0.2, -0.15) is 0 Å². The minimum Gasteiger partial charge on any atom is -0.455 e. The second kappa shape index (κ2) is 5.85. The van der Waals surface area contributed by atoms with Crippen LogP contribution in [-0.2, 0) is 6.61 Å². The van der Waals surface area contributed by atoms with Crippen LogP contribution in [0.3, 0.4) is 0 Å². The molecule has 0 aliphatic rings. The zero-order valence-corrected chi connectivity index (χ0v) is 10.8. The number of nitro benzene ring substituents is 1. The van der Waals surface area contributed by atoms with E-state index in [0.29, 0.717) is 0 Å². The Hall–Kier alpha value is -2.18. The molecule has 0 bridgehead atoms. The molecule has 0 atom stereocenters. The highest BCUT2D eigenvalue weighted by atomic mass is 35.5. The molecule has 0 spiro atoms. The molecule has 0 aliphatic carbocycles. The first-order valence-corrected chi connectivity index (χ1v) is 5.90. The molecule has 0 amide bonds. The lowest BCUT2D eigenvalue weighted by Crippen LogP contribution is -1.95. The van der Waals surface area contributed by atoms with E-state index in [2.05, 4.69) is 0 Å². The topological polar surface area (TPSA) is 72.6 Å². The minimum atomic E-state index is -0.576. The summed E-state index contributed by atoms with van der Waals surface area (Å²) in [6.07, 6.45) is 0. The van der Waals surface area contributed by atoms with Crippen LogP contribution in [0.15, 0.2) is 36.4 Å². The van der Waals surface area contributed by atoms with Gasteiger partial charge in [0, 0.05) is 17.7 Å². The molecular weight excluding hydrogens is 289 g/mol. The fraction of sp³-hybridized carbons (Fsp3) is 0.0769. The number of nitrogens with zero attached hydrogens (tertiary/aromatic N) is 1. The van der Waals surface area contributed by atoms with Gasteiger partial charge in [0.15, 0.2) is 0 Å². The zero-order valence-electron chi connectivity index (χ0n) is 10.0. The van der Waals surface area contributed by atoms with Crippen LogP contribution in [-0.4, -0.2) is 10.0 Å². The molecule has 0 saturated carbocycles. The highest BCUT2D eigenvalue weighted by Gasteiger charge is 2.13. The number of hydrogen-bond donors (Lipinski definition) is 1. The smallest absolute Gasteiger partial charge is 0.270 e. The van der Waals surface area contributed by atoms with Crippen LogP contribution in [0.4, 0.5) is 10.1 Å². The van der Waals surface area contributed by atoms with Crippen molar-refractivity contribution in [1.29, 1.82) is 0 Å². The number of non-ortho nitro benzene ring substituents is 1. The monoisotopic (exact) mass is 297 g/mol. The zero-order chi connectivity index (χ0) is 14.7. The van der Waals surface area contributed by atoms with Gasteiger partial charge in [-0.25, -0.2) is 4.39 Å². The molecular formula is C13H9ClFNO4. The summed E-state index contributed by atoms with van der Waals surface area (Å²) in [4.78, 5) is 10.1. The maximum absolute atomic E-state index is 12.9. The van der Waals surface area contributed by atoms with Crippen LogP contribution in [0.5, 0.6) is 11.5 Å². The Kier molecular flexibility index (Phi) is 4.16. The molecule has 0 fully saturated rings. The second-order valence-electron chi connectivity index (χ2n) is 3.88. The molecule has 2 aromatic carbocycles. The molecule has 104 valence electrons. The summed E-state index contributed by atoms with van der Waals surface area (Å²) in [5, 5.41) is 19.9. The number of ether oxygens (including phenoxy) is 1. The first-order valence-electron chi connectivity index (χ1n) is 5.52. The van der Waals surface area contributed by atoms with Gasteiger partial charge in [-0.3, -0.25) is 10.1 Å². The van der Waals surface area contributed by atoms with Crippen molar-refractivity contribution in [3.8, 4) is 11.5 Å². The van der Waals surface area contributed by atoms with E-state index in [1.807, 2.05) is 0 Å². The Labute approximate surface area is 118 Å². The lowest BCUT2D eigenvalue weighted by atomic mass is 10.2. The largest absolute Gasteiger partial charge is 0.455 e. The third-order valence-electron chi connectivity index (χ3n) is 2.54. The molecule has 1 N–H and O–H groups in total. The van der Waals surface area contributed by atoms with Gasteiger partial charge in [-0.15, -0.1) is 0 Å². The molecule has 0 radical (unpaired) electrons. The number of aliphatic hydroxyl groups is 1. The van der Waals surface area contributed by atoms with Crippen molar-refractivity contribution in [1.82, 2.24) is 0 Å². The molecule has 0 aliphatic heterocycles. The number of nitro groups is 1. The van der Waals surface area contributed by atoms with Crippen molar-refractivity contribution in [2.45, 2.75) is 6.61 Å². The van der Waals surface area contributed by atoms with Crippen molar-refractivity contribution in [2.75, 3.05) is 0 Å². The summed E-state index contributed by atoms with van der Waals surface area (Å²) < 4.78 is 18.4. The molecule has 20 heavy (non-hydrogen) atoms. The van der Waals surface area contributed by atoms with E-state index in [0.717, 1.165) is 6.07 Å². The Morgan fingerprint density at radius 3 is 2.55 bits per heavy atom. The van der Waals surface area contributed by atoms with Crippen molar-refractivity contribution in [3.05, 3.63) is 62.9 Å². The van der Waals surface area contributed by atoms with Crippen molar-refractivity contribution >= 4 is 17.3 Å². The average molecular weight is 298 g/mol. The molecule has 0 heterocycles. The number of hydrogen-bond acceptors (Lipinski definition) is 4. The summed E-state index contributed by atoms with van der Waals surface area (Å²) in [6.45, 7) is -0.435. The van der Waals surface area contributed by atoms with E-state index in [-0.39, 0.29) is 27.8 Å². The van der Waals surface area contributed by atoms with Crippen molar-refractivity contribution in [2.24, 2.45) is 0 Å². The van der Waals surface area contributed by atoms with Gasteiger partial charge in [-0.05, 0) is 24.3 Å². The molecule has 2 rings (SSSR count). The maximum Gasteiger partial charge on any atom is 0.270 e. The quantitative estimate of drug-likeness (QED) is 0.690. The third-order valence-corrected chi connectivity index (χ3v) is 2.83. The normalized spacial score (nSPS) is 10.3. The highest BCUT2D eigenvalue weighted by Crippen LogP contribution is 2.33. The van der Waals surface area contributed by atoms with Gasteiger partial charge >= 0.3 is 0 Å². The number of halogens is 2. The molecule has 7 heteroatoms. The predicted molar refractivity (Wildman–Crippen MR) is 70.5 cm³/mol. The van der Waals surface area contributed by atoms with Crippen LogP contribution in [0.25, 0.3) is 0 Å². The van der Waals surface area contributed by atoms with E-state index in [4.69, 9.17) is 16.3 Å². The predicted octanol–water partition coefficient (Wildman–Crippen LogP) is 3.67. The SMILES string of the molecule is O=[N+]([O-])c1ccc(Oc2ccc(F)cc2Cl)c(CO)c1. The standard InChI is InChI=1S/C13H9ClFNO4/c14-11-6-9(15)1-3-13(11)20-12-4-2-10(16(18)19)5-8(12)7-17/h1-6,17H,7H2. The number of benzene rings is 2. The van der Waals surface area contributed by atoms with Crippen LogP contribution in [0.2, 0.25) is 5.02 Å². The van der Waals surface area contributed by atoms with Crippen molar-refractivity contribution < 1.29 is 19.2 Å². The van der Waals surface area contributed by atoms with Crippen molar-refractivity contribution in [3.63, 3.8) is 0 Å². The second-order valence-corrected chi connectivity index (χ2v) is 4.29. The Bertz CT molecular complexity index is 663. The number of aliphatic hydroxyl groups excluding tert-OH is 1. The summed E-state index contributed by atoms with van der Waals surface area (Å²) in [5.41, 5.74) is 0.0752. The molecule has 2 aromatic rings. The fourth-order valence-corrected chi connectivity index (χ4v) is 1.78. The first-order chi connectivity index (χ1) is 9.51.